The van der Waals surface area contributed by atoms with Gasteiger partial charge in [0.2, 0.25) is 11.8 Å². The monoisotopic (exact) mass is 472 g/mol. The van der Waals surface area contributed by atoms with Gasteiger partial charge in [0.15, 0.2) is 0 Å². The van der Waals surface area contributed by atoms with Crippen molar-refractivity contribution < 1.29 is 19.1 Å². The molecular weight excluding hydrogens is 444 g/mol. The number of ether oxygens (including phenoxy) is 1. The summed E-state index contributed by atoms with van der Waals surface area (Å²) >= 11 is 2.75. The molecule has 0 spiro atoms. The highest BCUT2D eigenvalue weighted by molar-refractivity contribution is 8.00. The fraction of sp³-hybridized carbons (Fsp3) is 0.458. The van der Waals surface area contributed by atoms with Gasteiger partial charge in [-0.15, -0.1) is 23.1 Å². The number of imide groups is 1. The molecule has 6 nitrogen and oxygen atoms in total. The summed E-state index contributed by atoms with van der Waals surface area (Å²) in [6.07, 6.45) is 2.65. The largest absolute Gasteiger partial charge is 0.465 e. The van der Waals surface area contributed by atoms with Gasteiger partial charge in [0.1, 0.15) is 5.00 Å². The molecule has 4 rings (SSSR count). The SMILES string of the molecule is COC(=O)c1c(N2C(=O)C[C@H](Sc3ccc(N)cc3)C2=O)sc2c1CC[C@H](C(C)(C)C)C2. The molecule has 1 aliphatic heterocycles. The molecule has 0 bridgehead atoms. The lowest BCUT2D eigenvalue weighted by Gasteiger charge is -2.33. The van der Waals surface area contributed by atoms with Crippen molar-refractivity contribution >= 4 is 51.6 Å². The summed E-state index contributed by atoms with van der Waals surface area (Å²) in [6, 6.07) is 7.24. The zero-order chi connectivity index (χ0) is 23.2. The van der Waals surface area contributed by atoms with Crippen LogP contribution < -0.4 is 10.6 Å². The minimum atomic E-state index is -0.530. The molecule has 2 heterocycles. The third kappa shape index (κ3) is 4.18. The van der Waals surface area contributed by atoms with Crippen molar-refractivity contribution in [2.45, 2.75) is 56.6 Å². The molecule has 0 saturated carbocycles. The van der Waals surface area contributed by atoms with Gasteiger partial charge < -0.3 is 10.5 Å². The number of carbonyl (C=O) groups excluding carboxylic acids is 3. The second-order valence-corrected chi connectivity index (χ2v) is 11.8. The highest BCUT2D eigenvalue weighted by Gasteiger charge is 2.44. The lowest BCUT2D eigenvalue weighted by atomic mass is 9.72. The fourth-order valence-corrected chi connectivity index (χ4v) is 6.89. The Hall–Kier alpha value is -2.32. The van der Waals surface area contributed by atoms with Gasteiger partial charge in [-0.1, -0.05) is 20.8 Å². The fourth-order valence-electron chi connectivity index (χ4n) is 4.40. The number of nitrogen functional groups attached to an aromatic ring is 1. The number of nitrogens with two attached hydrogens (primary N) is 1. The maximum Gasteiger partial charge on any atom is 0.341 e. The van der Waals surface area contributed by atoms with Gasteiger partial charge in [-0.25, -0.2) is 9.69 Å². The highest BCUT2D eigenvalue weighted by atomic mass is 32.2. The van der Waals surface area contributed by atoms with Crippen LogP contribution in [0.2, 0.25) is 0 Å². The van der Waals surface area contributed by atoms with Crippen LogP contribution in [-0.4, -0.2) is 30.1 Å². The summed E-state index contributed by atoms with van der Waals surface area (Å²) in [6.45, 7) is 6.68. The number of rotatable bonds is 4. The summed E-state index contributed by atoms with van der Waals surface area (Å²) in [5.41, 5.74) is 7.86. The van der Waals surface area contributed by atoms with Crippen LogP contribution in [0.5, 0.6) is 0 Å². The summed E-state index contributed by atoms with van der Waals surface area (Å²) < 4.78 is 5.06. The van der Waals surface area contributed by atoms with Gasteiger partial charge in [0.25, 0.3) is 0 Å². The molecular formula is C24H28N2O4S2. The first kappa shape index (κ1) is 22.9. The smallest absolute Gasteiger partial charge is 0.341 e. The summed E-state index contributed by atoms with van der Waals surface area (Å²) in [5, 5.41) is -0.107. The van der Waals surface area contributed by atoms with Crippen LogP contribution in [0.3, 0.4) is 0 Å². The molecule has 1 aromatic carbocycles. The zero-order valence-corrected chi connectivity index (χ0v) is 20.4. The minimum Gasteiger partial charge on any atom is -0.465 e. The van der Waals surface area contributed by atoms with Crippen LogP contribution in [0.15, 0.2) is 29.2 Å². The van der Waals surface area contributed by atoms with E-state index in [1.807, 2.05) is 12.1 Å². The van der Waals surface area contributed by atoms with Crippen molar-refractivity contribution in [3.8, 4) is 0 Å². The third-order valence-corrected chi connectivity index (χ3v) is 8.76. The van der Waals surface area contributed by atoms with Crippen LogP contribution in [0.1, 0.15) is 54.4 Å². The third-order valence-electron chi connectivity index (χ3n) is 6.33. The molecule has 1 fully saturated rings. The van der Waals surface area contributed by atoms with Crippen LogP contribution in [0, 0.1) is 11.3 Å². The maximum absolute atomic E-state index is 13.3. The number of carbonyl (C=O) groups is 3. The predicted octanol–water partition coefficient (Wildman–Crippen LogP) is 4.69. The molecule has 1 aromatic heterocycles. The molecule has 1 aliphatic carbocycles. The Morgan fingerprint density at radius 3 is 2.50 bits per heavy atom. The lowest BCUT2D eigenvalue weighted by Crippen LogP contribution is -2.32. The lowest BCUT2D eigenvalue weighted by molar-refractivity contribution is -0.121. The van der Waals surface area contributed by atoms with Gasteiger partial charge in [0, 0.05) is 21.9 Å². The van der Waals surface area contributed by atoms with E-state index in [2.05, 4.69) is 20.8 Å². The van der Waals surface area contributed by atoms with Gasteiger partial charge in [0.05, 0.1) is 17.9 Å². The summed E-state index contributed by atoms with van der Waals surface area (Å²) in [4.78, 5) is 42.2. The number of nitrogens with zero attached hydrogens (tertiary/aromatic N) is 1. The highest BCUT2D eigenvalue weighted by Crippen LogP contribution is 2.47. The van der Waals surface area contributed by atoms with Crippen molar-refractivity contribution in [2.75, 3.05) is 17.7 Å². The number of hydrogen-bond acceptors (Lipinski definition) is 7. The average molecular weight is 473 g/mol. The Kier molecular flexibility index (Phi) is 6.11. The molecule has 0 radical (unpaired) electrons. The van der Waals surface area contributed by atoms with E-state index < -0.39 is 11.2 Å². The second kappa shape index (κ2) is 8.56. The number of hydrogen-bond donors (Lipinski definition) is 1. The first-order valence-electron chi connectivity index (χ1n) is 10.7. The Morgan fingerprint density at radius 1 is 1.19 bits per heavy atom. The normalized spacial score (nSPS) is 21.1. The number of amides is 2. The Bertz CT molecular complexity index is 1070. The van der Waals surface area contributed by atoms with Crippen molar-refractivity contribution in [3.05, 3.63) is 40.3 Å². The van der Waals surface area contributed by atoms with Crippen molar-refractivity contribution in [2.24, 2.45) is 11.3 Å². The molecule has 2 aliphatic rings. The molecule has 1 saturated heterocycles. The number of thioether (sulfide) groups is 1. The Balaban J connectivity index is 1.67. The molecule has 2 N–H and O–H groups in total. The summed E-state index contributed by atoms with van der Waals surface area (Å²) in [7, 11) is 1.34. The number of fused-ring (bicyclic) bond motifs is 1. The number of esters is 1. The topological polar surface area (TPSA) is 89.7 Å². The summed E-state index contributed by atoms with van der Waals surface area (Å²) in [5.74, 6) is -0.570. The van der Waals surface area contributed by atoms with Crippen molar-refractivity contribution in [1.29, 1.82) is 0 Å². The Labute approximate surface area is 196 Å². The van der Waals surface area contributed by atoms with E-state index in [4.69, 9.17) is 10.5 Å². The molecule has 32 heavy (non-hydrogen) atoms. The first-order chi connectivity index (χ1) is 15.1. The number of thiophene rings is 1. The maximum atomic E-state index is 13.3. The quantitative estimate of drug-likeness (QED) is 0.394. The van der Waals surface area contributed by atoms with Gasteiger partial charge in [-0.3, -0.25) is 9.59 Å². The predicted molar refractivity (Wildman–Crippen MR) is 128 cm³/mol. The molecule has 2 aromatic rings. The van der Waals surface area contributed by atoms with Gasteiger partial charge in [-0.05, 0) is 60.4 Å². The average Bonchev–Trinajstić information content (AvgIpc) is 3.24. The van der Waals surface area contributed by atoms with E-state index >= 15 is 0 Å². The van der Waals surface area contributed by atoms with E-state index in [1.165, 1.54) is 35.1 Å². The van der Waals surface area contributed by atoms with Crippen molar-refractivity contribution in [3.63, 3.8) is 0 Å². The molecule has 2 atom stereocenters. The second-order valence-electron chi connectivity index (χ2n) is 9.43. The number of methoxy groups -OCH3 is 1. The van der Waals surface area contributed by atoms with E-state index in [1.54, 1.807) is 12.1 Å². The number of benzene rings is 1. The number of anilines is 2. The van der Waals surface area contributed by atoms with Gasteiger partial charge >= 0.3 is 5.97 Å². The molecule has 2 amide bonds. The van der Waals surface area contributed by atoms with E-state index in [0.29, 0.717) is 22.2 Å². The van der Waals surface area contributed by atoms with Crippen molar-refractivity contribution in [1.82, 2.24) is 0 Å². The standard InChI is InChI=1S/C24H28N2O4S2/c1-24(2,3)13-5-10-16-17(11-13)32-22(20(16)23(29)30-4)26-19(27)12-18(21(26)28)31-15-8-6-14(25)7-9-15/h6-9,13,18H,5,10-12,25H2,1-4H3/t13-,18-/m0/s1. The minimum absolute atomic E-state index is 0.0989. The van der Waals surface area contributed by atoms with Crippen LogP contribution >= 0.6 is 23.1 Å². The van der Waals surface area contributed by atoms with Gasteiger partial charge in [-0.2, -0.15) is 0 Å². The Morgan fingerprint density at radius 2 is 1.88 bits per heavy atom. The molecule has 8 heteroatoms. The van der Waals surface area contributed by atoms with E-state index in [9.17, 15) is 14.4 Å². The van der Waals surface area contributed by atoms with Crippen LogP contribution in [-0.2, 0) is 27.2 Å². The molecule has 170 valence electrons. The molecule has 0 unspecified atom stereocenters. The van der Waals surface area contributed by atoms with E-state index in [0.717, 1.165) is 34.6 Å². The zero-order valence-electron chi connectivity index (χ0n) is 18.8. The first-order valence-corrected chi connectivity index (χ1v) is 12.4. The van der Waals surface area contributed by atoms with E-state index in [-0.39, 0.29) is 23.7 Å². The van der Waals surface area contributed by atoms with Crippen LogP contribution in [0.25, 0.3) is 0 Å². The van der Waals surface area contributed by atoms with Crippen LogP contribution in [0.4, 0.5) is 10.7 Å².